The van der Waals surface area contributed by atoms with Crippen LogP contribution in [0.5, 0.6) is 0 Å². The highest BCUT2D eigenvalue weighted by Gasteiger charge is 2.15. The molecule has 0 saturated heterocycles. The summed E-state index contributed by atoms with van der Waals surface area (Å²) in [7, 11) is 0. The van der Waals surface area contributed by atoms with Crippen molar-refractivity contribution in [3.05, 3.63) is 76.9 Å². The number of carbonyl (C=O) groups is 1. The predicted molar refractivity (Wildman–Crippen MR) is 98.6 cm³/mol. The maximum atomic E-state index is 12.3. The molecule has 0 saturated carbocycles. The van der Waals surface area contributed by atoms with Crippen molar-refractivity contribution in [1.82, 2.24) is 10.5 Å². The van der Waals surface area contributed by atoms with Crippen LogP contribution in [0.15, 0.2) is 65.2 Å². The molecule has 0 aliphatic rings. The van der Waals surface area contributed by atoms with Crippen molar-refractivity contribution < 1.29 is 9.32 Å². The van der Waals surface area contributed by atoms with Crippen molar-refractivity contribution in [3.63, 3.8) is 0 Å². The first kappa shape index (κ1) is 17.2. The Balaban J connectivity index is 1.57. The van der Waals surface area contributed by atoms with Crippen LogP contribution in [0.3, 0.4) is 0 Å². The molecule has 3 rings (SSSR count). The molecule has 0 fully saturated rings. The number of hydrogen-bond acceptors (Lipinski definition) is 3. The molecule has 25 heavy (non-hydrogen) atoms. The summed E-state index contributed by atoms with van der Waals surface area (Å²) in [5.41, 5.74) is 2.36. The van der Waals surface area contributed by atoms with Crippen LogP contribution in [0.2, 0.25) is 5.02 Å². The first-order valence-electron chi connectivity index (χ1n) is 8.19. The van der Waals surface area contributed by atoms with E-state index in [0.29, 0.717) is 10.8 Å². The summed E-state index contributed by atoms with van der Waals surface area (Å²) in [6, 6.07) is 19.1. The molecule has 0 bridgehead atoms. The molecule has 4 nitrogen and oxygen atoms in total. The summed E-state index contributed by atoms with van der Waals surface area (Å²) in [6.45, 7) is 1.99. The fourth-order valence-corrected chi connectivity index (χ4v) is 2.66. The molecule has 3 aromatic rings. The van der Waals surface area contributed by atoms with Gasteiger partial charge in [0.2, 0.25) is 0 Å². The van der Waals surface area contributed by atoms with Crippen molar-refractivity contribution >= 4 is 17.5 Å². The summed E-state index contributed by atoms with van der Waals surface area (Å²) >= 11 is 5.88. The molecule has 1 amide bonds. The van der Waals surface area contributed by atoms with E-state index < -0.39 is 0 Å². The van der Waals surface area contributed by atoms with Crippen molar-refractivity contribution in [2.75, 3.05) is 0 Å². The van der Waals surface area contributed by atoms with Gasteiger partial charge in [0, 0.05) is 22.7 Å². The lowest BCUT2D eigenvalue weighted by molar-refractivity contribution is 0.0929. The van der Waals surface area contributed by atoms with Crippen LogP contribution in [0.25, 0.3) is 11.3 Å². The van der Waals surface area contributed by atoms with E-state index >= 15 is 0 Å². The Hall–Kier alpha value is -2.59. The predicted octanol–water partition coefficient (Wildman–Crippen LogP) is 4.75. The average molecular weight is 355 g/mol. The van der Waals surface area contributed by atoms with Gasteiger partial charge in [-0.15, -0.1) is 0 Å². The maximum Gasteiger partial charge on any atom is 0.273 e. The van der Waals surface area contributed by atoms with Gasteiger partial charge in [-0.05, 0) is 49.6 Å². The van der Waals surface area contributed by atoms with Gasteiger partial charge in [0.1, 0.15) is 0 Å². The number of benzene rings is 2. The molecule has 0 unspecified atom stereocenters. The topological polar surface area (TPSA) is 55.1 Å². The molecular formula is C20H19ClN2O2. The van der Waals surface area contributed by atoms with Crippen molar-refractivity contribution in [2.45, 2.75) is 25.8 Å². The van der Waals surface area contributed by atoms with Crippen molar-refractivity contribution in [3.8, 4) is 11.3 Å². The summed E-state index contributed by atoms with van der Waals surface area (Å²) < 4.78 is 5.27. The Morgan fingerprint density at radius 3 is 2.60 bits per heavy atom. The lowest BCUT2D eigenvalue weighted by Crippen LogP contribution is -2.33. The van der Waals surface area contributed by atoms with Crippen LogP contribution >= 0.6 is 11.6 Å². The number of nitrogens with one attached hydrogen (secondary N) is 1. The fourth-order valence-electron chi connectivity index (χ4n) is 2.53. The highest BCUT2D eigenvalue weighted by molar-refractivity contribution is 6.30. The van der Waals surface area contributed by atoms with Gasteiger partial charge < -0.3 is 9.84 Å². The Morgan fingerprint density at radius 2 is 1.88 bits per heavy atom. The molecule has 1 atom stereocenters. The molecule has 2 aromatic carbocycles. The normalized spacial score (nSPS) is 11.9. The minimum atomic E-state index is -0.232. The zero-order valence-corrected chi connectivity index (χ0v) is 14.7. The van der Waals surface area contributed by atoms with Crippen LogP contribution in [0.4, 0.5) is 0 Å². The molecule has 0 aliphatic heterocycles. The zero-order chi connectivity index (χ0) is 17.6. The van der Waals surface area contributed by atoms with Gasteiger partial charge in [0.25, 0.3) is 5.91 Å². The minimum Gasteiger partial charge on any atom is -0.355 e. The number of halogens is 1. The molecule has 1 aromatic heterocycles. The van der Waals surface area contributed by atoms with E-state index in [-0.39, 0.29) is 17.6 Å². The van der Waals surface area contributed by atoms with Crippen molar-refractivity contribution in [1.29, 1.82) is 0 Å². The number of hydrogen-bond donors (Lipinski definition) is 1. The third-order valence-electron chi connectivity index (χ3n) is 3.96. The molecule has 0 spiro atoms. The Morgan fingerprint density at radius 1 is 1.16 bits per heavy atom. The largest absolute Gasteiger partial charge is 0.355 e. The van der Waals surface area contributed by atoms with E-state index in [1.165, 1.54) is 5.56 Å². The summed E-state index contributed by atoms with van der Waals surface area (Å²) in [6.07, 6.45) is 1.77. The molecule has 5 heteroatoms. The van der Waals surface area contributed by atoms with E-state index in [0.717, 1.165) is 18.4 Å². The monoisotopic (exact) mass is 354 g/mol. The second kappa shape index (κ2) is 7.99. The van der Waals surface area contributed by atoms with E-state index in [4.69, 9.17) is 16.1 Å². The van der Waals surface area contributed by atoms with Crippen LogP contribution < -0.4 is 5.32 Å². The van der Waals surface area contributed by atoms with Crippen LogP contribution in [0, 0.1) is 0 Å². The number of nitrogens with zero attached hydrogens (tertiary/aromatic N) is 1. The average Bonchev–Trinajstić information content (AvgIpc) is 3.12. The van der Waals surface area contributed by atoms with Gasteiger partial charge in [-0.25, -0.2) is 0 Å². The molecule has 128 valence electrons. The van der Waals surface area contributed by atoms with Gasteiger partial charge in [0.15, 0.2) is 11.5 Å². The molecule has 1 N–H and O–H groups in total. The number of carbonyl (C=O) groups excluding carboxylic acids is 1. The number of aromatic nitrogens is 1. The molecule has 0 aliphatic carbocycles. The van der Waals surface area contributed by atoms with E-state index in [9.17, 15) is 4.79 Å². The second-order valence-electron chi connectivity index (χ2n) is 5.98. The first-order valence-corrected chi connectivity index (χ1v) is 8.57. The summed E-state index contributed by atoms with van der Waals surface area (Å²) in [4.78, 5) is 12.3. The third kappa shape index (κ3) is 4.70. The van der Waals surface area contributed by atoms with E-state index in [1.54, 1.807) is 18.2 Å². The van der Waals surface area contributed by atoms with Gasteiger partial charge in [0.05, 0.1) is 0 Å². The maximum absolute atomic E-state index is 12.3. The number of aryl methyl sites for hydroxylation is 1. The minimum absolute atomic E-state index is 0.0448. The zero-order valence-electron chi connectivity index (χ0n) is 13.9. The standard InChI is InChI=1S/C20H19ClN2O2/c1-14(7-8-15-5-3-2-4-6-15)22-20(24)18-13-19(25-23-18)16-9-11-17(21)12-10-16/h2-6,9-14H,7-8H2,1H3,(H,22,24)/t14-/m1/s1. The van der Waals surface area contributed by atoms with Crippen LogP contribution in [0.1, 0.15) is 29.4 Å². The fraction of sp³-hybridized carbons (Fsp3) is 0.200. The van der Waals surface area contributed by atoms with E-state index in [2.05, 4.69) is 22.6 Å². The highest BCUT2D eigenvalue weighted by Crippen LogP contribution is 2.22. The second-order valence-corrected chi connectivity index (χ2v) is 6.42. The Bertz CT molecular complexity index is 828. The van der Waals surface area contributed by atoms with Gasteiger partial charge >= 0.3 is 0 Å². The lowest BCUT2D eigenvalue weighted by atomic mass is 10.1. The SMILES string of the molecule is C[C@H](CCc1ccccc1)NC(=O)c1cc(-c2ccc(Cl)cc2)on1. The van der Waals surface area contributed by atoms with Gasteiger partial charge in [-0.1, -0.05) is 47.1 Å². The van der Waals surface area contributed by atoms with Gasteiger partial charge in [-0.3, -0.25) is 4.79 Å². The third-order valence-corrected chi connectivity index (χ3v) is 4.21. The number of amides is 1. The molecular weight excluding hydrogens is 336 g/mol. The molecule has 0 radical (unpaired) electrons. The van der Waals surface area contributed by atoms with Crippen molar-refractivity contribution in [2.24, 2.45) is 0 Å². The smallest absolute Gasteiger partial charge is 0.273 e. The van der Waals surface area contributed by atoms with Crippen LogP contribution in [-0.2, 0) is 6.42 Å². The summed E-state index contributed by atoms with van der Waals surface area (Å²) in [5, 5.41) is 7.47. The van der Waals surface area contributed by atoms with Gasteiger partial charge in [-0.2, -0.15) is 0 Å². The number of rotatable bonds is 6. The van der Waals surface area contributed by atoms with E-state index in [1.807, 2.05) is 37.3 Å². The van der Waals surface area contributed by atoms with Crippen LogP contribution in [-0.4, -0.2) is 17.1 Å². The summed E-state index contributed by atoms with van der Waals surface area (Å²) in [5.74, 6) is 0.309. The molecule has 1 heterocycles. The highest BCUT2D eigenvalue weighted by atomic mass is 35.5. The quantitative estimate of drug-likeness (QED) is 0.695. The Kier molecular flexibility index (Phi) is 5.51. The lowest BCUT2D eigenvalue weighted by Gasteiger charge is -2.12. The Labute approximate surface area is 151 Å². The first-order chi connectivity index (χ1) is 12.1.